The Kier molecular flexibility index (Phi) is 3.12. The van der Waals surface area contributed by atoms with Gasteiger partial charge in [-0.2, -0.15) is 5.10 Å². The highest BCUT2D eigenvalue weighted by Gasteiger charge is 2.32. The van der Waals surface area contributed by atoms with E-state index in [2.05, 4.69) is 15.5 Å². The lowest BCUT2D eigenvalue weighted by Gasteiger charge is -2.15. The summed E-state index contributed by atoms with van der Waals surface area (Å²) in [5.41, 5.74) is 0.927. The third-order valence-corrected chi connectivity index (χ3v) is 3.09. The van der Waals surface area contributed by atoms with Gasteiger partial charge in [-0.05, 0) is 6.92 Å². The Morgan fingerprint density at radius 2 is 2.47 bits per heavy atom. The zero-order valence-corrected chi connectivity index (χ0v) is 9.93. The van der Waals surface area contributed by atoms with Crippen LogP contribution in [0.2, 0.25) is 0 Å². The van der Waals surface area contributed by atoms with Gasteiger partial charge >= 0.3 is 0 Å². The minimum absolute atomic E-state index is 0.0288. The van der Waals surface area contributed by atoms with E-state index in [1.165, 1.54) is 0 Å². The van der Waals surface area contributed by atoms with Gasteiger partial charge in [0.05, 0.1) is 18.2 Å². The summed E-state index contributed by atoms with van der Waals surface area (Å²) >= 11 is 0. The highest BCUT2D eigenvalue weighted by Crippen LogP contribution is 2.18. The number of carbonyl (C=O) groups is 2. The fourth-order valence-corrected chi connectivity index (χ4v) is 1.95. The van der Waals surface area contributed by atoms with E-state index in [1.807, 2.05) is 6.92 Å². The first-order valence-corrected chi connectivity index (χ1v) is 5.61. The molecule has 1 aromatic rings. The second-order valence-corrected chi connectivity index (χ2v) is 4.44. The number of likely N-dealkylation sites (tertiary alicyclic amines) is 1. The smallest absolute Gasteiger partial charge is 0.225 e. The fraction of sp³-hybridized carbons (Fsp3) is 0.545. The highest BCUT2D eigenvalue weighted by atomic mass is 16.2. The summed E-state index contributed by atoms with van der Waals surface area (Å²) in [4.78, 5) is 24.8. The van der Waals surface area contributed by atoms with Crippen molar-refractivity contribution in [3.63, 3.8) is 0 Å². The van der Waals surface area contributed by atoms with Crippen molar-refractivity contribution >= 4 is 11.8 Å². The molecule has 0 radical (unpaired) electrons. The molecule has 2 unspecified atom stereocenters. The van der Waals surface area contributed by atoms with Crippen LogP contribution in [-0.2, 0) is 9.59 Å². The van der Waals surface area contributed by atoms with Gasteiger partial charge in [0.25, 0.3) is 0 Å². The molecule has 2 N–H and O–H groups in total. The predicted molar refractivity (Wildman–Crippen MR) is 60.9 cm³/mol. The zero-order valence-electron chi connectivity index (χ0n) is 9.93. The maximum atomic E-state index is 11.9. The lowest BCUT2D eigenvalue weighted by atomic mass is 10.1. The van der Waals surface area contributed by atoms with E-state index in [4.69, 9.17) is 0 Å². The molecule has 0 spiro atoms. The highest BCUT2D eigenvalue weighted by molar-refractivity contribution is 5.89. The molecule has 2 amide bonds. The number of carbonyl (C=O) groups excluding carboxylic acids is 2. The molecule has 6 heteroatoms. The van der Waals surface area contributed by atoms with Crippen molar-refractivity contribution in [3.05, 3.63) is 18.0 Å². The number of hydrogen-bond acceptors (Lipinski definition) is 3. The van der Waals surface area contributed by atoms with Crippen molar-refractivity contribution in [2.24, 2.45) is 5.92 Å². The molecule has 1 aliphatic rings. The molecule has 0 saturated carbocycles. The van der Waals surface area contributed by atoms with E-state index in [9.17, 15) is 9.59 Å². The molecule has 92 valence electrons. The maximum Gasteiger partial charge on any atom is 0.225 e. The van der Waals surface area contributed by atoms with Crippen LogP contribution in [0.15, 0.2) is 12.4 Å². The Bertz CT molecular complexity index is 415. The molecule has 2 atom stereocenters. The van der Waals surface area contributed by atoms with E-state index in [0.29, 0.717) is 13.0 Å². The summed E-state index contributed by atoms with van der Waals surface area (Å²) in [5.74, 6) is -0.278. The number of aromatic amines is 1. The molecule has 0 aliphatic carbocycles. The molecule has 0 bridgehead atoms. The largest absolute Gasteiger partial charge is 0.349 e. The summed E-state index contributed by atoms with van der Waals surface area (Å²) < 4.78 is 0. The first-order chi connectivity index (χ1) is 8.08. The molecule has 0 aromatic carbocycles. The third kappa shape index (κ3) is 2.46. The Hall–Kier alpha value is -1.85. The van der Waals surface area contributed by atoms with Crippen molar-refractivity contribution in [1.29, 1.82) is 0 Å². The van der Waals surface area contributed by atoms with Crippen LogP contribution >= 0.6 is 0 Å². The fourth-order valence-electron chi connectivity index (χ4n) is 1.95. The third-order valence-electron chi connectivity index (χ3n) is 3.09. The average molecular weight is 236 g/mol. The van der Waals surface area contributed by atoms with Crippen LogP contribution in [0.4, 0.5) is 0 Å². The SMILES string of the molecule is CC(NC(=O)C1CC(=O)N(C)C1)c1cn[nH]c1. The first kappa shape index (κ1) is 11.6. The van der Waals surface area contributed by atoms with Crippen LogP contribution in [0.3, 0.4) is 0 Å². The second kappa shape index (κ2) is 4.57. The summed E-state index contributed by atoms with van der Waals surface area (Å²) in [5, 5.41) is 9.42. The summed E-state index contributed by atoms with van der Waals surface area (Å²) in [6.07, 6.45) is 3.73. The Balaban J connectivity index is 1.92. The van der Waals surface area contributed by atoms with Crippen molar-refractivity contribution in [3.8, 4) is 0 Å². The number of amides is 2. The van der Waals surface area contributed by atoms with E-state index in [0.717, 1.165) is 5.56 Å². The van der Waals surface area contributed by atoms with Crippen LogP contribution in [-0.4, -0.2) is 40.5 Å². The maximum absolute atomic E-state index is 11.9. The monoisotopic (exact) mass is 236 g/mol. The minimum atomic E-state index is -0.234. The Morgan fingerprint density at radius 1 is 1.71 bits per heavy atom. The Morgan fingerprint density at radius 3 is 3.00 bits per heavy atom. The molecule has 1 saturated heterocycles. The number of nitrogens with one attached hydrogen (secondary N) is 2. The standard InChI is InChI=1S/C11H16N4O2/c1-7(9-4-12-13-5-9)14-11(17)8-3-10(16)15(2)6-8/h4-5,7-8H,3,6H2,1-2H3,(H,12,13)(H,14,17). The van der Waals surface area contributed by atoms with Crippen molar-refractivity contribution in [2.45, 2.75) is 19.4 Å². The van der Waals surface area contributed by atoms with Gasteiger partial charge in [0.1, 0.15) is 0 Å². The molecular formula is C11H16N4O2. The summed E-state index contributed by atoms with van der Waals surface area (Å²) in [6, 6.07) is -0.0951. The molecule has 17 heavy (non-hydrogen) atoms. The van der Waals surface area contributed by atoms with Gasteiger partial charge in [0.2, 0.25) is 11.8 Å². The van der Waals surface area contributed by atoms with Gasteiger partial charge in [-0.15, -0.1) is 0 Å². The second-order valence-electron chi connectivity index (χ2n) is 4.44. The molecule has 1 aromatic heterocycles. The zero-order chi connectivity index (χ0) is 12.4. The van der Waals surface area contributed by atoms with E-state index in [-0.39, 0.29) is 23.8 Å². The van der Waals surface area contributed by atoms with Crippen LogP contribution < -0.4 is 5.32 Å². The van der Waals surface area contributed by atoms with Gasteiger partial charge in [0.15, 0.2) is 0 Å². The van der Waals surface area contributed by atoms with Crippen LogP contribution in [0, 0.1) is 5.92 Å². The van der Waals surface area contributed by atoms with Crippen molar-refractivity contribution < 1.29 is 9.59 Å². The van der Waals surface area contributed by atoms with Crippen molar-refractivity contribution in [2.75, 3.05) is 13.6 Å². The van der Waals surface area contributed by atoms with E-state index < -0.39 is 0 Å². The van der Waals surface area contributed by atoms with E-state index in [1.54, 1.807) is 24.3 Å². The van der Waals surface area contributed by atoms with Crippen molar-refractivity contribution in [1.82, 2.24) is 20.4 Å². The quantitative estimate of drug-likeness (QED) is 0.779. The molecule has 2 rings (SSSR count). The molecular weight excluding hydrogens is 220 g/mol. The predicted octanol–water partition coefficient (Wildman–Crippen LogP) is 0.0652. The minimum Gasteiger partial charge on any atom is -0.349 e. The number of hydrogen-bond donors (Lipinski definition) is 2. The van der Waals surface area contributed by atoms with Gasteiger partial charge < -0.3 is 10.2 Å². The lowest BCUT2D eigenvalue weighted by Crippen LogP contribution is -2.33. The molecule has 1 fully saturated rings. The van der Waals surface area contributed by atoms with Gasteiger partial charge in [-0.1, -0.05) is 0 Å². The van der Waals surface area contributed by atoms with Gasteiger partial charge in [-0.3, -0.25) is 14.7 Å². The van der Waals surface area contributed by atoms with Gasteiger partial charge in [-0.25, -0.2) is 0 Å². The topological polar surface area (TPSA) is 78.1 Å². The number of nitrogens with zero attached hydrogens (tertiary/aromatic N) is 2. The van der Waals surface area contributed by atoms with Crippen LogP contribution in [0.1, 0.15) is 24.9 Å². The Labute approximate surface area is 99.4 Å². The molecule has 2 heterocycles. The average Bonchev–Trinajstić information content (AvgIpc) is 2.89. The van der Waals surface area contributed by atoms with Crippen LogP contribution in [0.25, 0.3) is 0 Å². The molecule has 1 aliphatic heterocycles. The number of H-pyrrole nitrogens is 1. The summed E-state index contributed by atoms with van der Waals surface area (Å²) in [7, 11) is 1.72. The number of aromatic nitrogens is 2. The van der Waals surface area contributed by atoms with E-state index >= 15 is 0 Å². The number of rotatable bonds is 3. The first-order valence-electron chi connectivity index (χ1n) is 5.61. The normalized spacial score (nSPS) is 21.6. The lowest BCUT2D eigenvalue weighted by molar-refractivity contribution is -0.128. The van der Waals surface area contributed by atoms with Gasteiger partial charge in [0, 0.05) is 31.8 Å². The summed E-state index contributed by atoms with van der Waals surface area (Å²) in [6.45, 7) is 2.39. The molecule has 6 nitrogen and oxygen atoms in total. The van der Waals surface area contributed by atoms with Crippen LogP contribution in [0.5, 0.6) is 0 Å².